The van der Waals surface area contributed by atoms with Gasteiger partial charge in [0.25, 0.3) is 0 Å². The smallest absolute Gasteiger partial charge is 0.333 e. The van der Waals surface area contributed by atoms with Crippen LogP contribution in [-0.4, -0.2) is 147 Å². The maximum Gasteiger partial charge on any atom is 0.333 e. The molecule has 0 bridgehead atoms. The molecule has 6 unspecified atom stereocenters. The molecule has 1 rings (SSSR count). The first kappa shape index (κ1) is 39.8. The molecule has 0 aromatic carbocycles. The van der Waals surface area contributed by atoms with E-state index in [2.05, 4.69) is 18.8 Å². The van der Waals surface area contributed by atoms with Crippen molar-refractivity contribution in [3.63, 3.8) is 0 Å². The number of aliphatic hydroxyl groups is 7. The van der Waals surface area contributed by atoms with Gasteiger partial charge in [-0.15, -0.1) is 0 Å². The van der Waals surface area contributed by atoms with Crippen LogP contribution in [0.3, 0.4) is 0 Å². The molecule has 1 aliphatic heterocycles. The molecule has 0 aliphatic carbocycles. The Balaban J connectivity index is 2.63. The standard InChI is InChI=1S/C29H52N2O13/c1-5-6-7-8-9-10-17(2)28(41)42-14-13-31(19(4)34)12-11-30-27(40)22(36)18(3)26(20(35)15-32)44-29-25(39)24(38)23(37)21(16-33)43-29/h18,20-26,29,32-33,35-39H,2,5-16H2,1,3-4H3,(H,30,40)/t18?,20?,21?,22?,23-,24-,25?,26?,29-/m0/s1. The van der Waals surface area contributed by atoms with E-state index in [1.807, 2.05) is 0 Å². The van der Waals surface area contributed by atoms with Crippen LogP contribution in [0, 0.1) is 5.92 Å². The van der Waals surface area contributed by atoms with Crippen molar-refractivity contribution in [3.8, 4) is 0 Å². The number of nitrogens with one attached hydrogen (secondary N) is 1. The molecule has 1 aliphatic rings. The van der Waals surface area contributed by atoms with Crippen molar-refractivity contribution in [3.05, 3.63) is 12.2 Å². The molecule has 8 N–H and O–H groups in total. The Hall–Kier alpha value is -2.21. The lowest BCUT2D eigenvalue weighted by Gasteiger charge is -2.42. The van der Waals surface area contributed by atoms with Gasteiger partial charge < -0.3 is 60.2 Å². The zero-order chi connectivity index (χ0) is 33.4. The highest BCUT2D eigenvalue weighted by Crippen LogP contribution is 2.26. The molecule has 0 spiro atoms. The van der Waals surface area contributed by atoms with Gasteiger partial charge in [0.05, 0.1) is 25.9 Å². The number of carbonyl (C=O) groups excluding carboxylic acids is 3. The predicted octanol–water partition coefficient (Wildman–Crippen LogP) is -2.05. The molecule has 1 fully saturated rings. The van der Waals surface area contributed by atoms with E-state index in [0.29, 0.717) is 12.0 Å². The molecule has 44 heavy (non-hydrogen) atoms. The maximum absolute atomic E-state index is 12.7. The van der Waals surface area contributed by atoms with E-state index in [4.69, 9.17) is 14.2 Å². The molecule has 15 heteroatoms. The summed E-state index contributed by atoms with van der Waals surface area (Å²) in [6.45, 7) is 6.88. The van der Waals surface area contributed by atoms with Crippen molar-refractivity contribution in [2.45, 2.75) is 108 Å². The summed E-state index contributed by atoms with van der Waals surface area (Å²) in [5.74, 6) is -2.96. The Morgan fingerprint density at radius 1 is 1.00 bits per heavy atom. The number of amides is 2. The number of esters is 1. The summed E-state index contributed by atoms with van der Waals surface area (Å²) in [6.07, 6.45) is -7.44. The molecule has 15 nitrogen and oxygen atoms in total. The van der Waals surface area contributed by atoms with Crippen molar-refractivity contribution in [1.82, 2.24) is 10.2 Å². The van der Waals surface area contributed by atoms with E-state index >= 15 is 0 Å². The number of rotatable bonds is 21. The van der Waals surface area contributed by atoms with Crippen molar-refractivity contribution in [2.24, 2.45) is 5.92 Å². The summed E-state index contributed by atoms with van der Waals surface area (Å²) >= 11 is 0. The minimum atomic E-state index is -1.81. The van der Waals surface area contributed by atoms with E-state index in [0.717, 1.165) is 32.1 Å². The zero-order valence-corrected chi connectivity index (χ0v) is 25.9. The van der Waals surface area contributed by atoms with Crippen molar-refractivity contribution in [1.29, 1.82) is 0 Å². The number of unbranched alkanes of at least 4 members (excludes halogenated alkanes) is 4. The summed E-state index contributed by atoms with van der Waals surface area (Å²) in [5, 5.41) is 72.5. The Labute approximate surface area is 258 Å². The van der Waals surface area contributed by atoms with Crippen LogP contribution in [0.1, 0.15) is 59.3 Å². The monoisotopic (exact) mass is 636 g/mol. The van der Waals surface area contributed by atoms with Gasteiger partial charge in [-0.3, -0.25) is 9.59 Å². The van der Waals surface area contributed by atoms with Gasteiger partial charge in [-0.05, 0) is 12.8 Å². The van der Waals surface area contributed by atoms with Crippen LogP contribution >= 0.6 is 0 Å². The number of nitrogens with zero attached hydrogens (tertiary/aromatic N) is 1. The van der Waals surface area contributed by atoms with Gasteiger partial charge in [0.1, 0.15) is 43.2 Å². The topological polar surface area (TPSA) is 236 Å². The van der Waals surface area contributed by atoms with E-state index in [1.54, 1.807) is 0 Å². The Kier molecular flexibility index (Phi) is 18.8. The number of carbonyl (C=O) groups is 3. The summed E-state index contributed by atoms with van der Waals surface area (Å²) in [4.78, 5) is 38.3. The van der Waals surface area contributed by atoms with Gasteiger partial charge in [-0.25, -0.2) is 4.79 Å². The van der Waals surface area contributed by atoms with Crippen LogP contribution in [0.5, 0.6) is 0 Å². The second-order valence-corrected chi connectivity index (χ2v) is 11.1. The van der Waals surface area contributed by atoms with Crippen molar-refractivity contribution < 1.29 is 64.3 Å². The molecule has 1 saturated heterocycles. The number of hydrogen-bond donors (Lipinski definition) is 8. The Morgan fingerprint density at radius 2 is 1.66 bits per heavy atom. The molecule has 9 atom stereocenters. The molecule has 0 radical (unpaired) electrons. The van der Waals surface area contributed by atoms with Crippen LogP contribution in [-0.2, 0) is 28.6 Å². The lowest BCUT2D eigenvalue weighted by atomic mass is 9.92. The lowest BCUT2D eigenvalue weighted by molar-refractivity contribution is -0.323. The summed E-state index contributed by atoms with van der Waals surface area (Å²) < 4.78 is 16.0. The molecule has 0 aromatic rings. The van der Waals surface area contributed by atoms with Gasteiger partial charge in [-0.2, -0.15) is 0 Å². The molecule has 0 saturated carbocycles. The molecule has 1 heterocycles. The number of aliphatic hydroxyl groups excluding tert-OH is 7. The first-order valence-electron chi connectivity index (χ1n) is 15.1. The van der Waals surface area contributed by atoms with E-state index in [-0.39, 0.29) is 32.1 Å². The highest BCUT2D eigenvalue weighted by atomic mass is 16.7. The summed E-state index contributed by atoms with van der Waals surface area (Å²) in [6, 6.07) is 0. The normalized spacial score (nSPS) is 24.5. The van der Waals surface area contributed by atoms with Gasteiger partial charge in [0.15, 0.2) is 6.29 Å². The first-order chi connectivity index (χ1) is 20.8. The Morgan fingerprint density at radius 3 is 2.25 bits per heavy atom. The van der Waals surface area contributed by atoms with Gasteiger partial charge in [-0.1, -0.05) is 46.1 Å². The average molecular weight is 637 g/mol. The third-order valence-electron chi connectivity index (χ3n) is 7.58. The second kappa shape index (κ2) is 20.7. The average Bonchev–Trinajstić information content (AvgIpc) is 3.00. The van der Waals surface area contributed by atoms with E-state index in [1.165, 1.54) is 18.7 Å². The van der Waals surface area contributed by atoms with E-state index < -0.39 is 80.0 Å². The van der Waals surface area contributed by atoms with Gasteiger partial charge in [0.2, 0.25) is 11.8 Å². The van der Waals surface area contributed by atoms with Crippen LogP contribution in [0.4, 0.5) is 0 Å². The predicted molar refractivity (Wildman–Crippen MR) is 156 cm³/mol. The quantitative estimate of drug-likeness (QED) is 0.0385. The fourth-order valence-electron chi connectivity index (χ4n) is 4.66. The van der Waals surface area contributed by atoms with E-state index in [9.17, 15) is 50.1 Å². The number of hydrogen-bond acceptors (Lipinski definition) is 13. The van der Waals surface area contributed by atoms with Crippen LogP contribution < -0.4 is 5.32 Å². The molecular weight excluding hydrogens is 584 g/mol. The molecule has 2 amide bonds. The molecule has 256 valence electrons. The van der Waals surface area contributed by atoms with Gasteiger partial charge >= 0.3 is 5.97 Å². The minimum Gasteiger partial charge on any atom is -0.460 e. The van der Waals surface area contributed by atoms with Crippen molar-refractivity contribution >= 4 is 17.8 Å². The zero-order valence-electron chi connectivity index (χ0n) is 25.9. The maximum atomic E-state index is 12.7. The van der Waals surface area contributed by atoms with Crippen LogP contribution in [0.25, 0.3) is 0 Å². The largest absolute Gasteiger partial charge is 0.460 e. The summed E-state index contributed by atoms with van der Waals surface area (Å²) in [7, 11) is 0. The van der Waals surface area contributed by atoms with Crippen LogP contribution in [0.2, 0.25) is 0 Å². The highest BCUT2D eigenvalue weighted by Gasteiger charge is 2.46. The van der Waals surface area contributed by atoms with Gasteiger partial charge in [0, 0.05) is 31.5 Å². The fourth-order valence-corrected chi connectivity index (χ4v) is 4.66. The third-order valence-corrected chi connectivity index (χ3v) is 7.58. The number of ether oxygens (including phenoxy) is 3. The van der Waals surface area contributed by atoms with Crippen LogP contribution in [0.15, 0.2) is 12.2 Å². The second-order valence-electron chi connectivity index (χ2n) is 11.1. The Bertz CT molecular complexity index is 889. The lowest BCUT2D eigenvalue weighted by Crippen LogP contribution is -2.61. The first-order valence-corrected chi connectivity index (χ1v) is 15.1. The highest BCUT2D eigenvalue weighted by molar-refractivity contribution is 5.87. The fraction of sp³-hybridized carbons (Fsp3) is 0.828. The third kappa shape index (κ3) is 12.7. The SMILES string of the molecule is C=C(CCCCCCC)C(=O)OCCN(CCNC(=O)C(O)C(C)C(O[C@@H]1OC(CO)[C@H](O)[C@H](O)C1O)C(O)CO)C(C)=O. The molecular formula is C29H52N2O13. The van der Waals surface area contributed by atoms with Crippen molar-refractivity contribution in [2.75, 3.05) is 39.5 Å². The molecule has 0 aromatic heterocycles. The summed E-state index contributed by atoms with van der Waals surface area (Å²) in [5.41, 5.74) is 0.367. The minimum absolute atomic E-state index is 0.0299.